The van der Waals surface area contributed by atoms with Gasteiger partial charge in [-0.1, -0.05) is 31.0 Å². The highest BCUT2D eigenvalue weighted by atomic mass is 16.1. The van der Waals surface area contributed by atoms with E-state index in [9.17, 15) is 9.59 Å². The molecular formula is C14H19NO2. The number of hydrogen-bond donors (Lipinski definition) is 1. The van der Waals surface area contributed by atoms with Gasteiger partial charge >= 0.3 is 0 Å². The van der Waals surface area contributed by atoms with Crippen LogP contribution in [-0.4, -0.2) is 12.2 Å². The number of hydrogen-bond acceptors (Lipinski definition) is 2. The van der Waals surface area contributed by atoms with Gasteiger partial charge in [0.15, 0.2) is 0 Å². The molecule has 0 aromatic heterocycles. The van der Waals surface area contributed by atoms with Crippen molar-refractivity contribution in [1.82, 2.24) is 0 Å². The van der Waals surface area contributed by atoms with E-state index in [4.69, 9.17) is 0 Å². The Hall–Kier alpha value is -1.64. The topological polar surface area (TPSA) is 46.2 Å². The molecule has 0 aliphatic heterocycles. The van der Waals surface area contributed by atoms with Crippen LogP contribution >= 0.6 is 0 Å². The standard InChI is InChI=1S/C14H19NO2/c16-12-8-3-1-2-7-11-14(17)15-13-9-5-4-6-10-13/h4-6,9-10,12H,1-3,7-8,11H2,(H,15,17). The molecule has 0 aliphatic rings. The number of benzene rings is 1. The highest BCUT2D eigenvalue weighted by Crippen LogP contribution is 2.08. The monoisotopic (exact) mass is 233 g/mol. The van der Waals surface area contributed by atoms with Crippen LogP contribution in [0.15, 0.2) is 30.3 Å². The van der Waals surface area contributed by atoms with Crippen molar-refractivity contribution < 1.29 is 9.59 Å². The first-order chi connectivity index (χ1) is 8.33. The molecule has 3 heteroatoms. The van der Waals surface area contributed by atoms with Gasteiger partial charge < -0.3 is 10.1 Å². The summed E-state index contributed by atoms with van der Waals surface area (Å²) in [6.07, 6.45) is 5.99. The molecule has 0 unspecified atom stereocenters. The Balaban J connectivity index is 2.07. The molecule has 0 aliphatic carbocycles. The van der Waals surface area contributed by atoms with Crippen molar-refractivity contribution in [2.75, 3.05) is 5.32 Å². The zero-order chi connectivity index (χ0) is 12.3. The average molecular weight is 233 g/mol. The summed E-state index contributed by atoms with van der Waals surface area (Å²) in [5.74, 6) is 0.0617. The first-order valence-corrected chi connectivity index (χ1v) is 6.11. The molecule has 0 bridgehead atoms. The summed E-state index contributed by atoms with van der Waals surface area (Å²) in [6, 6.07) is 9.47. The van der Waals surface area contributed by atoms with Crippen LogP contribution in [0.1, 0.15) is 38.5 Å². The van der Waals surface area contributed by atoms with Gasteiger partial charge in [0, 0.05) is 18.5 Å². The van der Waals surface area contributed by atoms with Gasteiger partial charge in [-0.15, -0.1) is 0 Å². The van der Waals surface area contributed by atoms with Crippen molar-refractivity contribution in [3.63, 3.8) is 0 Å². The van der Waals surface area contributed by atoms with Crippen LogP contribution in [0.4, 0.5) is 5.69 Å². The second-order valence-corrected chi connectivity index (χ2v) is 4.03. The van der Waals surface area contributed by atoms with E-state index in [2.05, 4.69) is 5.32 Å². The van der Waals surface area contributed by atoms with Crippen molar-refractivity contribution in [3.05, 3.63) is 30.3 Å². The van der Waals surface area contributed by atoms with Crippen LogP contribution < -0.4 is 5.32 Å². The molecule has 17 heavy (non-hydrogen) atoms. The number of unbranched alkanes of at least 4 members (excludes halogenated alkanes) is 4. The lowest BCUT2D eigenvalue weighted by Gasteiger charge is -2.04. The van der Waals surface area contributed by atoms with E-state index >= 15 is 0 Å². The van der Waals surface area contributed by atoms with E-state index in [-0.39, 0.29) is 5.91 Å². The molecule has 3 nitrogen and oxygen atoms in total. The lowest BCUT2D eigenvalue weighted by molar-refractivity contribution is -0.116. The average Bonchev–Trinajstić information content (AvgIpc) is 2.35. The van der Waals surface area contributed by atoms with Crippen molar-refractivity contribution in [2.45, 2.75) is 38.5 Å². The maximum absolute atomic E-state index is 11.5. The predicted molar refractivity (Wildman–Crippen MR) is 68.8 cm³/mol. The Kier molecular flexibility index (Phi) is 6.72. The number of nitrogens with one attached hydrogen (secondary N) is 1. The van der Waals surface area contributed by atoms with Crippen LogP contribution in [0.5, 0.6) is 0 Å². The Bertz CT molecular complexity index is 335. The van der Waals surface area contributed by atoms with Gasteiger partial charge in [-0.2, -0.15) is 0 Å². The highest BCUT2D eigenvalue weighted by Gasteiger charge is 2.01. The van der Waals surface area contributed by atoms with Gasteiger partial charge in [-0.05, 0) is 25.0 Å². The number of rotatable bonds is 8. The maximum atomic E-state index is 11.5. The second-order valence-electron chi connectivity index (χ2n) is 4.03. The van der Waals surface area contributed by atoms with E-state index in [0.717, 1.165) is 37.7 Å². The summed E-state index contributed by atoms with van der Waals surface area (Å²) < 4.78 is 0. The number of anilines is 1. The molecule has 0 radical (unpaired) electrons. The van der Waals surface area contributed by atoms with Gasteiger partial charge in [0.05, 0.1) is 0 Å². The summed E-state index contributed by atoms with van der Waals surface area (Å²) in [5.41, 5.74) is 0.846. The number of para-hydroxylation sites is 1. The highest BCUT2D eigenvalue weighted by molar-refractivity contribution is 5.90. The zero-order valence-corrected chi connectivity index (χ0v) is 10.0. The van der Waals surface area contributed by atoms with Gasteiger partial charge in [-0.25, -0.2) is 0 Å². The molecule has 1 amide bonds. The van der Waals surface area contributed by atoms with Crippen LogP contribution in [0.25, 0.3) is 0 Å². The third kappa shape index (κ3) is 6.51. The number of carbonyl (C=O) groups is 2. The first-order valence-electron chi connectivity index (χ1n) is 6.11. The normalized spacial score (nSPS) is 9.88. The van der Waals surface area contributed by atoms with E-state index in [1.54, 1.807) is 0 Å². The van der Waals surface area contributed by atoms with Gasteiger partial charge in [-0.3, -0.25) is 4.79 Å². The Morgan fingerprint density at radius 1 is 1.06 bits per heavy atom. The molecule has 0 saturated heterocycles. The van der Waals surface area contributed by atoms with E-state index < -0.39 is 0 Å². The molecule has 0 atom stereocenters. The molecule has 92 valence electrons. The second kappa shape index (κ2) is 8.50. The summed E-state index contributed by atoms with van der Waals surface area (Å²) in [6.45, 7) is 0. The van der Waals surface area contributed by atoms with Crippen LogP contribution in [-0.2, 0) is 9.59 Å². The molecule has 0 heterocycles. The fraction of sp³-hybridized carbons (Fsp3) is 0.429. The van der Waals surface area contributed by atoms with Crippen molar-refractivity contribution >= 4 is 17.9 Å². The minimum Gasteiger partial charge on any atom is -0.326 e. The summed E-state index contributed by atoms with van der Waals surface area (Å²) >= 11 is 0. The number of carbonyl (C=O) groups excluding carboxylic acids is 2. The molecular weight excluding hydrogens is 214 g/mol. The first kappa shape index (κ1) is 13.4. The minimum absolute atomic E-state index is 0.0617. The SMILES string of the molecule is O=CCCCCCCC(=O)Nc1ccccc1. The van der Waals surface area contributed by atoms with Crippen molar-refractivity contribution in [3.8, 4) is 0 Å². The van der Waals surface area contributed by atoms with Crippen LogP contribution in [0.3, 0.4) is 0 Å². The summed E-state index contributed by atoms with van der Waals surface area (Å²) in [7, 11) is 0. The molecule has 0 saturated carbocycles. The molecule has 1 aromatic carbocycles. The van der Waals surface area contributed by atoms with Crippen LogP contribution in [0.2, 0.25) is 0 Å². The number of amides is 1. The van der Waals surface area contributed by atoms with Gasteiger partial charge in [0.2, 0.25) is 5.91 Å². The largest absolute Gasteiger partial charge is 0.326 e. The van der Waals surface area contributed by atoms with E-state index in [1.807, 2.05) is 30.3 Å². The molecule has 1 aromatic rings. The van der Waals surface area contributed by atoms with Gasteiger partial charge in [0.25, 0.3) is 0 Å². The molecule has 1 N–H and O–H groups in total. The predicted octanol–water partition coefficient (Wildman–Crippen LogP) is 3.16. The molecule has 0 spiro atoms. The summed E-state index contributed by atoms with van der Waals surface area (Å²) in [4.78, 5) is 21.6. The third-order valence-corrected chi connectivity index (χ3v) is 2.53. The molecule has 0 fully saturated rings. The third-order valence-electron chi connectivity index (χ3n) is 2.53. The van der Waals surface area contributed by atoms with E-state index in [1.165, 1.54) is 0 Å². The fourth-order valence-corrected chi connectivity index (χ4v) is 1.61. The quantitative estimate of drug-likeness (QED) is 0.553. The van der Waals surface area contributed by atoms with Crippen molar-refractivity contribution in [1.29, 1.82) is 0 Å². The van der Waals surface area contributed by atoms with Crippen LogP contribution in [0, 0.1) is 0 Å². The zero-order valence-electron chi connectivity index (χ0n) is 10.0. The van der Waals surface area contributed by atoms with Crippen molar-refractivity contribution in [2.24, 2.45) is 0 Å². The molecule has 1 rings (SSSR count). The summed E-state index contributed by atoms with van der Waals surface area (Å²) in [5, 5.41) is 2.85. The smallest absolute Gasteiger partial charge is 0.224 e. The minimum atomic E-state index is 0.0617. The maximum Gasteiger partial charge on any atom is 0.224 e. The van der Waals surface area contributed by atoms with E-state index in [0.29, 0.717) is 12.8 Å². The number of aldehydes is 1. The Morgan fingerprint density at radius 2 is 1.76 bits per heavy atom. The Morgan fingerprint density at radius 3 is 2.47 bits per heavy atom. The lowest BCUT2D eigenvalue weighted by Crippen LogP contribution is -2.10. The van der Waals surface area contributed by atoms with Gasteiger partial charge in [0.1, 0.15) is 6.29 Å². The fourth-order valence-electron chi connectivity index (χ4n) is 1.61. The Labute approximate surface area is 102 Å². The lowest BCUT2D eigenvalue weighted by atomic mass is 10.1.